The summed E-state index contributed by atoms with van der Waals surface area (Å²) < 4.78 is 2.34. The molecule has 0 bridgehead atoms. The van der Waals surface area contributed by atoms with Crippen LogP contribution < -0.4 is 10.6 Å². The zero-order valence-electron chi connectivity index (χ0n) is 11.2. The van der Waals surface area contributed by atoms with Gasteiger partial charge in [0.15, 0.2) is 0 Å². The van der Waals surface area contributed by atoms with E-state index in [0.29, 0.717) is 0 Å². The van der Waals surface area contributed by atoms with Crippen molar-refractivity contribution in [3.8, 4) is 5.69 Å². The fourth-order valence-corrected chi connectivity index (χ4v) is 2.94. The number of nitrogens with zero attached hydrogens (tertiary/aromatic N) is 1. The van der Waals surface area contributed by atoms with Crippen LogP contribution in [0.25, 0.3) is 28.7 Å². The minimum atomic E-state index is 0.992. The summed E-state index contributed by atoms with van der Waals surface area (Å²) in [6, 6.07) is 19.2. The second-order valence-corrected chi connectivity index (χ2v) is 5.02. The average molecular weight is 257 g/mol. The molecule has 0 saturated carbocycles. The van der Waals surface area contributed by atoms with E-state index in [2.05, 4.69) is 83.5 Å². The van der Waals surface area contributed by atoms with Crippen molar-refractivity contribution >= 4 is 23.1 Å². The number of benzene rings is 2. The van der Waals surface area contributed by atoms with E-state index in [1.165, 1.54) is 27.2 Å². The Hall–Kier alpha value is -2.54. The summed E-state index contributed by atoms with van der Waals surface area (Å²) in [7, 11) is 0. The molecule has 3 aromatic rings. The van der Waals surface area contributed by atoms with Crippen LogP contribution in [0.4, 0.5) is 0 Å². The maximum atomic E-state index is 2.34. The van der Waals surface area contributed by atoms with Gasteiger partial charge in [-0.25, -0.2) is 0 Å². The Balaban J connectivity index is 2.24. The molecule has 1 nitrogen and oxygen atoms in total. The molecule has 1 aliphatic rings. The van der Waals surface area contributed by atoms with Crippen LogP contribution >= 0.6 is 0 Å². The molecule has 0 saturated heterocycles. The highest BCUT2D eigenvalue weighted by molar-refractivity contribution is 5.84. The predicted molar refractivity (Wildman–Crippen MR) is 85.2 cm³/mol. The molecule has 0 fully saturated rings. The fraction of sp³-hybridized carbons (Fsp3) is 0.0526. The quantitative estimate of drug-likeness (QED) is 0.631. The van der Waals surface area contributed by atoms with Crippen LogP contribution in [0.1, 0.15) is 6.42 Å². The van der Waals surface area contributed by atoms with Crippen molar-refractivity contribution in [2.24, 2.45) is 0 Å². The summed E-state index contributed by atoms with van der Waals surface area (Å²) in [4.78, 5) is 0. The standard InChI is InChI=1S/C19H15N/c1-3-9-15(10-4-1)20-18-13-6-2-5-11-16(18)17-12-7-8-14-19(17)20/h1-4,6-14H,5H2. The maximum Gasteiger partial charge on any atom is 0.0540 e. The van der Waals surface area contributed by atoms with Crippen LogP contribution in [-0.4, -0.2) is 4.57 Å². The SMILES string of the molecule is C1=CCC=c2c(n(-c3ccccc3)c3ccccc23)=C1. The highest BCUT2D eigenvalue weighted by atomic mass is 15.0. The summed E-state index contributed by atoms with van der Waals surface area (Å²) in [5.74, 6) is 0. The van der Waals surface area contributed by atoms with Gasteiger partial charge in [-0.05, 0) is 30.7 Å². The van der Waals surface area contributed by atoms with Crippen LogP contribution in [0.3, 0.4) is 0 Å². The lowest BCUT2D eigenvalue weighted by molar-refractivity contribution is 1.07. The summed E-state index contributed by atoms with van der Waals surface area (Å²) in [5.41, 5.74) is 2.48. The van der Waals surface area contributed by atoms with Gasteiger partial charge in [-0.3, -0.25) is 0 Å². The Morgan fingerprint density at radius 1 is 0.850 bits per heavy atom. The second-order valence-electron chi connectivity index (χ2n) is 5.02. The van der Waals surface area contributed by atoms with Crippen LogP contribution in [-0.2, 0) is 0 Å². The van der Waals surface area contributed by atoms with E-state index in [1.807, 2.05) is 0 Å². The third-order valence-corrected chi connectivity index (χ3v) is 3.81. The molecular formula is C19H15N. The van der Waals surface area contributed by atoms with Crippen LogP contribution in [0, 0.1) is 0 Å². The number of fused-ring (bicyclic) bond motifs is 3. The second kappa shape index (κ2) is 4.53. The lowest BCUT2D eigenvalue weighted by Crippen LogP contribution is -2.27. The van der Waals surface area contributed by atoms with E-state index >= 15 is 0 Å². The van der Waals surface area contributed by atoms with Gasteiger partial charge in [0.2, 0.25) is 0 Å². The normalized spacial score (nSPS) is 13.4. The van der Waals surface area contributed by atoms with Crippen molar-refractivity contribution in [1.82, 2.24) is 4.57 Å². The average Bonchev–Trinajstić information content (AvgIpc) is 2.65. The molecule has 0 aliphatic heterocycles. The highest BCUT2D eigenvalue weighted by Gasteiger charge is 2.08. The van der Waals surface area contributed by atoms with Crippen molar-refractivity contribution in [3.63, 3.8) is 0 Å². The molecule has 2 aromatic carbocycles. The molecule has 96 valence electrons. The molecule has 20 heavy (non-hydrogen) atoms. The van der Waals surface area contributed by atoms with E-state index in [4.69, 9.17) is 0 Å². The third-order valence-electron chi connectivity index (χ3n) is 3.81. The molecule has 0 radical (unpaired) electrons. The molecule has 1 aromatic heterocycles. The van der Waals surface area contributed by atoms with Gasteiger partial charge in [-0.15, -0.1) is 0 Å². The maximum absolute atomic E-state index is 2.34. The first-order chi connectivity index (χ1) is 9.95. The smallest absolute Gasteiger partial charge is 0.0540 e. The Bertz CT molecular complexity index is 912. The highest BCUT2D eigenvalue weighted by Crippen LogP contribution is 2.14. The molecule has 4 rings (SSSR count). The molecule has 0 unspecified atom stereocenters. The van der Waals surface area contributed by atoms with E-state index < -0.39 is 0 Å². The molecule has 1 heteroatoms. The topological polar surface area (TPSA) is 4.93 Å². The Morgan fingerprint density at radius 2 is 1.65 bits per heavy atom. The van der Waals surface area contributed by atoms with E-state index in [1.54, 1.807) is 0 Å². The number of allylic oxidation sites excluding steroid dienone is 2. The molecule has 1 aliphatic carbocycles. The largest absolute Gasteiger partial charge is 0.309 e. The van der Waals surface area contributed by atoms with E-state index in [-0.39, 0.29) is 0 Å². The third kappa shape index (κ3) is 1.64. The molecule has 0 atom stereocenters. The molecule has 0 spiro atoms. The number of hydrogen-bond donors (Lipinski definition) is 0. The van der Waals surface area contributed by atoms with Gasteiger partial charge in [0.25, 0.3) is 0 Å². The summed E-state index contributed by atoms with van der Waals surface area (Å²) in [6.45, 7) is 0. The monoisotopic (exact) mass is 257 g/mol. The van der Waals surface area contributed by atoms with E-state index in [9.17, 15) is 0 Å². The Morgan fingerprint density at radius 3 is 2.55 bits per heavy atom. The zero-order valence-corrected chi connectivity index (χ0v) is 11.2. The van der Waals surface area contributed by atoms with Gasteiger partial charge >= 0.3 is 0 Å². The number of rotatable bonds is 1. The predicted octanol–water partition coefficient (Wildman–Crippen LogP) is 3.15. The lowest BCUT2D eigenvalue weighted by atomic mass is 10.2. The first kappa shape index (κ1) is 11.3. The van der Waals surface area contributed by atoms with Crippen LogP contribution in [0.2, 0.25) is 0 Å². The zero-order chi connectivity index (χ0) is 13.4. The van der Waals surface area contributed by atoms with Crippen molar-refractivity contribution < 1.29 is 0 Å². The van der Waals surface area contributed by atoms with E-state index in [0.717, 1.165) is 6.42 Å². The molecule has 0 amide bonds. The van der Waals surface area contributed by atoms with Gasteiger partial charge in [-0.1, -0.05) is 54.6 Å². The first-order valence-corrected chi connectivity index (χ1v) is 6.97. The summed E-state index contributed by atoms with van der Waals surface area (Å²) in [5, 5.41) is 3.94. The van der Waals surface area contributed by atoms with Crippen LogP contribution in [0.5, 0.6) is 0 Å². The Labute approximate surface area is 117 Å². The minimum Gasteiger partial charge on any atom is -0.309 e. The van der Waals surface area contributed by atoms with Crippen molar-refractivity contribution in [1.29, 1.82) is 0 Å². The van der Waals surface area contributed by atoms with Gasteiger partial charge < -0.3 is 4.57 Å². The van der Waals surface area contributed by atoms with Gasteiger partial charge in [0.05, 0.1) is 10.9 Å². The van der Waals surface area contributed by atoms with Crippen molar-refractivity contribution in [2.45, 2.75) is 6.42 Å². The molecule has 0 N–H and O–H groups in total. The lowest BCUT2D eigenvalue weighted by Gasteiger charge is -2.05. The first-order valence-electron chi connectivity index (χ1n) is 6.97. The summed E-state index contributed by atoms with van der Waals surface area (Å²) in [6.07, 6.45) is 9.87. The molecule has 1 heterocycles. The Kier molecular flexibility index (Phi) is 2.56. The number of aromatic nitrogens is 1. The molecular weight excluding hydrogens is 242 g/mol. The van der Waals surface area contributed by atoms with Crippen molar-refractivity contribution in [3.05, 3.63) is 77.3 Å². The summed E-state index contributed by atoms with van der Waals surface area (Å²) >= 11 is 0. The number of hydrogen-bond acceptors (Lipinski definition) is 0. The van der Waals surface area contributed by atoms with Crippen LogP contribution in [0.15, 0.2) is 66.7 Å². The minimum absolute atomic E-state index is 0.992. The van der Waals surface area contributed by atoms with Crippen molar-refractivity contribution in [2.75, 3.05) is 0 Å². The fourth-order valence-electron chi connectivity index (χ4n) is 2.94. The van der Waals surface area contributed by atoms with Gasteiger partial charge in [0, 0.05) is 16.3 Å². The number of para-hydroxylation sites is 2. The van der Waals surface area contributed by atoms with Gasteiger partial charge in [-0.2, -0.15) is 0 Å². The van der Waals surface area contributed by atoms with Gasteiger partial charge in [0.1, 0.15) is 0 Å².